The number of aliphatic imine (C=N–C) groups is 1. The Morgan fingerprint density at radius 1 is 1.24 bits per heavy atom. The quantitative estimate of drug-likeness (QED) is 0.746. The van der Waals surface area contributed by atoms with Crippen LogP contribution in [0, 0.1) is 6.92 Å². The number of hydrogen-bond donors (Lipinski definition) is 0. The Morgan fingerprint density at radius 3 is 3.00 bits per heavy atom. The summed E-state index contributed by atoms with van der Waals surface area (Å²) >= 11 is 0. The summed E-state index contributed by atoms with van der Waals surface area (Å²) in [5.74, 6) is 0.648. The van der Waals surface area contributed by atoms with Crippen LogP contribution in [-0.2, 0) is 11.3 Å². The minimum atomic E-state index is 0.574. The second-order valence-corrected chi connectivity index (χ2v) is 4.08. The average molecular weight is 224 g/mol. The van der Waals surface area contributed by atoms with Crippen molar-refractivity contribution >= 4 is 11.6 Å². The summed E-state index contributed by atoms with van der Waals surface area (Å²) in [7, 11) is 0. The lowest BCUT2D eigenvalue weighted by molar-refractivity contribution is 0.288. The van der Waals surface area contributed by atoms with Crippen molar-refractivity contribution in [2.24, 2.45) is 4.99 Å². The summed E-state index contributed by atoms with van der Waals surface area (Å²) in [6.45, 7) is 2.64. The van der Waals surface area contributed by atoms with Gasteiger partial charge in [-0.05, 0) is 25.1 Å². The van der Waals surface area contributed by atoms with Crippen LogP contribution in [-0.4, -0.2) is 10.9 Å². The Morgan fingerprint density at radius 2 is 2.18 bits per heavy atom. The first-order chi connectivity index (χ1) is 8.33. The molecule has 0 bridgehead atoms. The third-order valence-corrected chi connectivity index (χ3v) is 2.73. The van der Waals surface area contributed by atoms with Crippen LogP contribution >= 0.6 is 0 Å². The predicted octanol–water partition coefficient (Wildman–Crippen LogP) is 3.00. The molecule has 1 aromatic carbocycles. The normalized spacial score (nSPS) is 13.6. The SMILES string of the molecule is Cc1ccc2c(c1)COC(c1cccnc1)=N2. The molecule has 0 aliphatic carbocycles. The predicted molar refractivity (Wildman–Crippen MR) is 66.4 cm³/mol. The number of hydrogen-bond acceptors (Lipinski definition) is 3. The van der Waals surface area contributed by atoms with Crippen LogP contribution in [0.5, 0.6) is 0 Å². The van der Waals surface area contributed by atoms with E-state index in [0.29, 0.717) is 12.5 Å². The molecule has 2 heterocycles. The Hall–Kier alpha value is -2.16. The van der Waals surface area contributed by atoms with E-state index >= 15 is 0 Å². The van der Waals surface area contributed by atoms with Gasteiger partial charge in [0.15, 0.2) is 0 Å². The van der Waals surface area contributed by atoms with Crippen molar-refractivity contribution in [1.82, 2.24) is 4.98 Å². The molecular formula is C14H12N2O. The van der Waals surface area contributed by atoms with Crippen LogP contribution < -0.4 is 0 Å². The van der Waals surface area contributed by atoms with Crippen LogP contribution in [0.25, 0.3) is 0 Å². The summed E-state index contributed by atoms with van der Waals surface area (Å²) < 4.78 is 5.66. The molecule has 0 spiro atoms. The molecule has 3 nitrogen and oxygen atoms in total. The molecule has 0 fully saturated rings. The maximum atomic E-state index is 5.66. The topological polar surface area (TPSA) is 34.5 Å². The van der Waals surface area contributed by atoms with Gasteiger partial charge in [-0.1, -0.05) is 17.7 Å². The van der Waals surface area contributed by atoms with Crippen LogP contribution in [0.3, 0.4) is 0 Å². The van der Waals surface area contributed by atoms with E-state index in [0.717, 1.165) is 16.8 Å². The number of fused-ring (bicyclic) bond motifs is 1. The van der Waals surface area contributed by atoms with Gasteiger partial charge < -0.3 is 4.74 Å². The minimum absolute atomic E-state index is 0.574. The molecule has 3 rings (SSSR count). The summed E-state index contributed by atoms with van der Waals surface area (Å²) in [4.78, 5) is 8.58. The van der Waals surface area contributed by atoms with Crippen molar-refractivity contribution < 1.29 is 4.74 Å². The minimum Gasteiger partial charge on any atom is -0.472 e. The van der Waals surface area contributed by atoms with Gasteiger partial charge in [0.1, 0.15) is 6.61 Å². The van der Waals surface area contributed by atoms with Gasteiger partial charge in [-0.3, -0.25) is 4.98 Å². The van der Waals surface area contributed by atoms with E-state index in [9.17, 15) is 0 Å². The fourth-order valence-corrected chi connectivity index (χ4v) is 1.86. The van der Waals surface area contributed by atoms with Crippen LogP contribution in [0.15, 0.2) is 47.7 Å². The molecule has 17 heavy (non-hydrogen) atoms. The third-order valence-electron chi connectivity index (χ3n) is 2.73. The Balaban J connectivity index is 2.03. The van der Waals surface area contributed by atoms with Gasteiger partial charge in [0.25, 0.3) is 0 Å². The smallest absolute Gasteiger partial charge is 0.223 e. The molecule has 0 unspecified atom stereocenters. The first-order valence-corrected chi connectivity index (χ1v) is 5.54. The largest absolute Gasteiger partial charge is 0.472 e. The Kier molecular flexibility index (Phi) is 2.37. The highest BCUT2D eigenvalue weighted by Crippen LogP contribution is 2.26. The van der Waals surface area contributed by atoms with E-state index in [1.54, 1.807) is 12.4 Å². The molecule has 2 aromatic rings. The fraction of sp³-hybridized carbons (Fsp3) is 0.143. The maximum Gasteiger partial charge on any atom is 0.223 e. The van der Waals surface area contributed by atoms with Gasteiger partial charge in [0.2, 0.25) is 5.90 Å². The lowest BCUT2D eigenvalue weighted by Crippen LogP contribution is -2.11. The molecular weight excluding hydrogens is 212 g/mol. The van der Waals surface area contributed by atoms with Crippen molar-refractivity contribution in [3.63, 3.8) is 0 Å². The van der Waals surface area contributed by atoms with Gasteiger partial charge in [-0.15, -0.1) is 0 Å². The maximum absolute atomic E-state index is 5.66. The monoisotopic (exact) mass is 224 g/mol. The molecule has 0 amide bonds. The lowest BCUT2D eigenvalue weighted by Gasteiger charge is -2.17. The van der Waals surface area contributed by atoms with Crippen molar-refractivity contribution in [3.05, 3.63) is 59.4 Å². The number of rotatable bonds is 1. The fourth-order valence-electron chi connectivity index (χ4n) is 1.86. The molecule has 0 saturated heterocycles. The molecule has 3 heteroatoms. The molecule has 0 radical (unpaired) electrons. The van der Waals surface area contributed by atoms with Gasteiger partial charge in [0.05, 0.1) is 11.3 Å². The molecule has 1 aromatic heterocycles. The Labute approximate surface area is 99.8 Å². The van der Waals surface area contributed by atoms with Crippen LogP contribution in [0.1, 0.15) is 16.7 Å². The second kappa shape index (κ2) is 4.01. The molecule has 1 aliphatic rings. The first kappa shape index (κ1) is 10.0. The number of pyridine rings is 1. The second-order valence-electron chi connectivity index (χ2n) is 4.08. The highest BCUT2D eigenvalue weighted by molar-refractivity contribution is 5.96. The third kappa shape index (κ3) is 1.91. The molecule has 0 saturated carbocycles. The number of benzene rings is 1. The van der Waals surface area contributed by atoms with Gasteiger partial charge >= 0.3 is 0 Å². The molecule has 0 atom stereocenters. The molecule has 0 N–H and O–H groups in total. The Bertz CT molecular complexity index is 576. The van der Waals surface area contributed by atoms with Crippen molar-refractivity contribution in [3.8, 4) is 0 Å². The highest BCUT2D eigenvalue weighted by atomic mass is 16.5. The zero-order valence-electron chi connectivity index (χ0n) is 9.55. The number of aromatic nitrogens is 1. The van der Waals surface area contributed by atoms with E-state index in [4.69, 9.17) is 4.74 Å². The van der Waals surface area contributed by atoms with Gasteiger partial charge in [0, 0.05) is 18.0 Å². The van der Waals surface area contributed by atoms with E-state index in [-0.39, 0.29) is 0 Å². The lowest BCUT2D eigenvalue weighted by atomic mass is 10.1. The van der Waals surface area contributed by atoms with Gasteiger partial charge in [-0.2, -0.15) is 0 Å². The number of ether oxygens (including phenoxy) is 1. The standard InChI is InChI=1S/C14H12N2O/c1-10-4-5-13-12(7-10)9-17-14(16-13)11-3-2-6-15-8-11/h2-8H,9H2,1H3. The van der Waals surface area contributed by atoms with Crippen molar-refractivity contribution in [2.45, 2.75) is 13.5 Å². The summed E-state index contributed by atoms with van der Waals surface area (Å²) in [6, 6.07) is 10.0. The summed E-state index contributed by atoms with van der Waals surface area (Å²) in [5, 5.41) is 0. The number of nitrogens with zero attached hydrogens (tertiary/aromatic N) is 2. The summed E-state index contributed by atoms with van der Waals surface area (Å²) in [6.07, 6.45) is 3.50. The zero-order chi connectivity index (χ0) is 11.7. The van der Waals surface area contributed by atoms with E-state index in [2.05, 4.69) is 29.0 Å². The van der Waals surface area contributed by atoms with Crippen LogP contribution in [0.2, 0.25) is 0 Å². The average Bonchev–Trinajstić information content (AvgIpc) is 2.39. The number of aryl methyl sites for hydroxylation is 1. The molecule has 84 valence electrons. The van der Waals surface area contributed by atoms with Crippen molar-refractivity contribution in [1.29, 1.82) is 0 Å². The van der Waals surface area contributed by atoms with E-state index < -0.39 is 0 Å². The highest BCUT2D eigenvalue weighted by Gasteiger charge is 2.14. The van der Waals surface area contributed by atoms with Crippen LogP contribution in [0.4, 0.5) is 5.69 Å². The van der Waals surface area contributed by atoms with E-state index in [1.807, 2.05) is 18.2 Å². The summed E-state index contributed by atoms with van der Waals surface area (Å²) in [5.41, 5.74) is 4.27. The zero-order valence-corrected chi connectivity index (χ0v) is 9.55. The molecule has 1 aliphatic heterocycles. The first-order valence-electron chi connectivity index (χ1n) is 5.54. The van der Waals surface area contributed by atoms with Gasteiger partial charge in [-0.25, -0.2) is 4.99 Å². The van der Waals surface area contributed by atoms with Crippen molar-refractivity contribution in [2.75, 3.05) is 0 Å². The van der Waals surface area contributed by atoms with E-state index in [1.165, 1.54) is 5.56 Å².